The molecule has 1 N–H and O–H groups in total. The van der Waals surface area contributed by atoms with Crippen LogP contribution in [0.1, 0.15) is 5.56 Å². The van der Waals surface area contributed by atoms with Gasteiger partial charge in [0, 0.05) is 26.3 Å². The highest BCUT2D eigenvalue weighted by molar-refractivity contribution is 5.43. The van der Waals surface area contributed by atoms with Crippen LogP contribution in [0.5, 0.6) is 23.0 Å². The lowest BCUT2D eigenvalue weighted by Gasteiger charge is -2.21. The van der Waals surface area contributed by atoms with Gasteiger partial charge in [0.05, 0.1) is 20.8 Å². The summed E-state index contributed by atoms with van der Waals surface area (Å²) in [6.45, 7) is 2.28. The van der Waals surface area contributed by atoms with Gasteiger partial charge in [-0.15, -0.1) is 0 Å². The van der Waals surface area contributed by atoms with Gasteiger partial charge in [-0.1, -0.05) is 12.1 Å². The summed E-state index contributed by atoms with van der Waals surface area (Å²) >= 11 is 0. The molecule has 0 saturated carbocycles. The van der Waals surface area contributed by atoms with Crippen LogP contribution in [-0.4, -0.2) is 70.9 Å². The van der Waals surface area contributed by atoms with Crippen molar-refractivity contribution in [1.29, 1.82) is 0 Å². The van der Waals surface area contributed by atoms with E-state index in [1.165, 1.54) is 0 Å². The maximum Gasteiger partial charge on any atom is 0.161 e. The van der Waals surface area contributed by atoms with E-state index < -0.39 is 6.10 Å². The first kappa shape index (κ1) is 22.8. The number of hydrogen-bond donors (Lipinski definition) is 1. The molecule has 0 saturated heterocycles. The molecule has 0 aromatic heterocycles. The van der Waals surface area contributed by atoms with Crippen molar-refractivity contribution in [2.75, 3.05) is 54.7 Å². The van der Waals surface area contributed by atoms with E-state index in [0.717, 1.165) is 11.3 Å². The molecular weight excluding hydrogens is 374 g/mol. The molecule has 1 atom stereocenters. The Bertz CT molecular complexity index is 739. The Hall–Kier alpha value is -2.48. The van der Waals surface area contributed by atoms with E-state index in [9.17, 15) is 5.11 Å². The summed E-state index contributed by atoms with van der Waals surface area (Å²) in [6.07, 6.45) is -0.623. The van der Waals surface area contributed by atoms with E-state index in [1.54, 1.807) is 27.4 Å². The molecule has 1 unspecified atom stereocenters. The Kier molecular flexibility index (Phi) is 9.56. The van der Waals surface area contributed by atoms with Gasteiger partial charge in [0.15, 0.2) is 11.5 Å². The molecule has 0 aliphatic heterocycles. The van der Waals surface area contributed by atoms with Crippen LogP contribution in [0.15, 0.2) is 42.5 Å². The zero-order valence-electron chi connectivity index (χ0n) is 17.6. The van der Waals surface area contributed by atoms with E-state index in [1.807, 2.05) is 48.3 Å². The third kappa shape index (κ3) is 7.81. The van der Waals surface area contributed by atoms with Gasteiger partial charge in [0.1, 0.15) is 30.8 Å². The van der Waals surface area contributed by atoms with Crippen molar-refractivity contribution in [3.63, 3.8) is 0 Å². The van der Waals surface area contributed by atoms with Crippen LogP contribution in [0.2, 0.25) is 0 Å². The van der Waals surface area contributed by atoms with Crippen molar-refractivity contribution >= 4 is 0 Å². The summed E-state index contributed by atoms with van der Waals surface area (Å²) in [5.41, 5.74) is 1.06. The smallest absolute Gasteiger partial charge is 0.161 e. The minimum Gasteiger partial charge on any atom is -0.497 e. The van der Waals surface area contributed by atoms with Crippen molar-refractivity contribution in [1.82, 2.24) is 4.90 Å². The lowest BCUT2D eigenvalue weighted by molar-refractivity contribution is 0.0742. The average molecular weight is 405 g/mol. The number of hydrogen-bond acceptors (Lipinski definition) is 7. The summed E-state index contributed by atoms with van der Waals surface area (Å²) < 4.78 is 26.9. The number of benzene rings is 2. The second-order valence-corrected chi connectivity index (χ2v) is 6.67. The normalized spacial score (nSPS) is 11.9. The Morgan fingerprint density at radius 3 is 2.41 bits per heavy atom. The summed E-state index contributed by atoms with van der Waals surface area (Å²) in [7, 11) is 6.80. The second kappa shape index (κ2) is 12.2. The molecular formula is C22H31NO6. The summed E-state index contributed by atoms with van der Waals surface area (Å²) in [4.78, 5) is 2.03. The van der Waals surface area contributed by atoms with Gasteiger partial charge in [0.25, 0.3) is 0 Å². The number of likely N-dealkylation sites (N-methyl/N-ethyl adjacent to an activating group) is 1. The maximum absolute atomic E-state index is 10.3. The molecule has 2 aromatic carbocycles. The topological polar surface area (TPSA) is 69.6 Å². The standard InChI is InChI=1S/C22H31NO6/c1-23(15-18(24)16-29-20-7-5-6-19(13-20)26-3)14-17-8-9-21(27-4)22(12-17)28-11-10-25-2/h5-9,12-13,18,24H,10-11,14-16H2,1-4H3. The fraction of sp³-hybridized carbons (Fsp3) is 0.455. The minimum absolute atomic E-state index is 0.200. The van der Waals surface area contributed by atoms with Crippen LogP contribution in [0, 0.1) is 0 Å². The van der Waals surface area contributed by atoms with E-state index in [4.69, 9.17) is 23.7 Å². The van der Waals surface area contributed by atoms with E-state index in [2.05, 4.69) is 0 Å². The molecule has 0 bridgehead atoms. The molecule has 160 valence electrons. The largest absolute Gasteiger partial charge is 0.497 e. The van der Waals surface area contributed by atoms with Crippen molar-refractivity contribution in [2.45, 2.75) is 12.6 Å². The van der Waals surface area contributed by atoms with Crippen LogP contribution in [0.4, 0.5) is 0 Å². The first-order valence-electron chi connectivity index (χ1n) is 9.47. The zero-order chi connectivity index (χ0) is 21.1. The molecule has 29 heavy (non-hydrogen) atoms. The van der Waals surface area contributed by atoms with E-state index in [0.29, 0.717) is 43.6 Å². The predicted octanol–water partition coefficient (Wildman–Crippen LogP) is 2.60. The SMILES string of the molecule is COCCOc1cc(CN(C)CC(O)COc2cccc(OC)c2)ccc1OC. The second-order valence-electron chi connectivity index (χ2n) is 6.67. The van der Waals surface area contributed by atoms with Crippen molar-refractivity contribution in [2.24, 2.45) is 0 Å². The molecule has 7 heteroatoms. The van der Waals surface area contributed by atoms with Crippen LogP contribution in [0.25, 0.3) is 0 Å². The van der Waals surface area contributed by atoms with Crippen molar-refractivity contribution in [3.8, 4) is 23.0 Å². The Morgan fingerprint density at radius 2 is 1.69 bits per heavy atom. The van der Waals surface area contributed by atoms with E-state index in [-0.39, 0.29) is 6.61 Å². The van der Waals surface area contributed by atoms with Gasteiger partial charge < -0.3 is 28.8 Å². The number of aliphatic hydroxyl groups excluding tert-OH is 1. The number of ether oxygens (including phenoxy) is 5. The molecule has 7 nitrogen and oxygen atoms in total. The Morgan fingerprint density at radius 1 is 0.897 bits per heavy atom. The van der Waals surface area contributed by atoms with Crippen LogP contribution >= 0.6 is 0 Å². The summed E-state index contributed by atoms with van der Waals surface area (Å²) in [5, 5.41) is 10.3. The highest BCUT2D eigenvalue weighted by Gasteiger charge is 2.12. The monoisotopic (exact) mass is 405 g/mol. The molecule has 0 radical (unpaired) electrons. The first-order valence-corrected chi connectivity index (χ1v) is 9.47. The van der Waals surface area contributed by atoms with Gasteiger partial charge in [-0.2, -0.15) is 0 Å². The third-order valence-corrected chi connectivity index (χ3v) is 4.23. The molecule has 0 aliphatic rings. The molecule has 2 aromatic rings. The van der Waals surface area contributed by atoms with Crippen molar-refractivity contribution in [3.05, 3.63) is 48.0 Å². The minimum atomic E-state index is -0.623. The van der Waals surface area contributed by atoms with Gasteiger partial charge in [0.2, 0.25) is 0 Å². The summed E-state index contributed by atoms with van der Waals surface area (Å²) in [5.74, 6) is 2.74. The Balaban J connectivity index is 1.85. The molecule has 0 heterocycles. The maximum atomic E-state index is 10.3. The third-order valence-electron chi connectivity index (χ3n) is 4.23. The molecule has 0 spiro atoms. The molecule has 0 fully saturated rings. The van der Waals surface area contributed by atoms with Crippen LogP contribution in [-0.2, 0) is 11.3 Å². The van der Waals surface area contributed by atoms with Gasteiger partial charge in [-0.05, 0) is 36.9 Å². The number of nitrogens with zero attached hydrogens (tertiary/aromatic N) is 1. The highest BCUT2D eigenvalue weighted by atomic mass is 16.5. The number of aliphatic hydroxyl groups is 1. The number of rotatable bonds is 13. The molecule has 0 aliphatic carbocycles. The average Bonchev–Trinajstić information content (AvgIpc) is 2.72. The van der Waals surface area contributed by atoms with E-state index >= 15 is 0 Å². The number of methoxy groups -OCH3 is 3. The van der Waals surface area contributed by atoms with Gasteiger partial charge in [-0.25, -0.2) is 0 Å². The first-order chi connectivity index (χ1) is 14.0. The Labute approximate surface area is 172 Å². The predicted molar refractivity (Wildman–Crippen MR) is 111 cm³/mol. The van der Waals surface area contributed by atoms with Gasteiger partial charge >= 0.3 is 0 Å². The zero-order valence-corrected chi connectivity index (χ0v) is 17.6. The molecule has 2 rings (SSSR count). The fourth-order valence-corrected chi connectivity index (χ4v) is 2.84. The summed E-state index contributed by atoms with van der Waals surface area (Å²) in [6, 6.07) is 13.1. The van der Waals surface area contributed by atoms with Gasteiger partial charge in [-0.3, -0.25) is 4.90 Å². The van der Waals surface area contributed by atoms with Crippen LogP contribution < -0.4 is 18.9 Å². The quantitative estimate of drug-likeness (QED) is 0.514. The van der Waals surface area contributed by atoms with Crippen molar-refractivity contribution < 1.29 is 28.8 Å². The fourth-order valence-electron chi connectivity index (χ4n) is 2.84. The lowest BCUT2D eigenvalue weighted by Crippen LogP contribution is -2.32. The van der Waals surface area contributed by atoms with Crippen LogP contribution in [0.3, 0.4) is 0 Å². The lowest BCUT2D eigenvalue weighted by atomic mass is 10.2. The highest BCUT2D eigenvalue weighted by Crippen LogP contribution is 2.28. The molecule has 0 amide bonds.